The lowest BCUT2D eigenvalue weighted by molar-refractivity contribution is -0.122. The van der Waals surface area contributed by atoms with Gasteiger partial charge in [-0.3, -0.25) is 9.59 Å². The molecule has 41 heavy (non-hydrogen) atoms. The molecule has 1 aliphatic rings. The van der Waals surface area contributed by atoms with Crippen LogP contribution in [0.1, 0.15) is 18.9 Å². The van der Waals surface area contributed by atoms with E-state index >= 15 is 0 Å². The Labute approximate surface area is 241 Å². The van der Waals surface area contributed by atoms with Gasteiger partial charge in [0.25, 0.3) is 0 Å². The summed E-state index contributed by atoms with van der Waals surface area (Å²) in [7, 11) is 1.62. The van der Waals surface area contributed by atoms with Gasteiger partial charge < -0.3 is 20.1 Å². The van der Waals surface area contributed by atoms with E-state index < -0.39 is 5.25 Å². The zero-order chi connectivity index (χ0) is 28.6. The first-order valence-electron chi connectivity index (χ1n) is 12.9. The van der Waals surface area contributed by atoms with Crippen molar-refractivity contribution < 1.29 is 19.1 Å². The van der Waals surface area contributed by atoms with Crippen LogP contribution in [-0.4, -0.2) is 51.9 Å². The number of rotatable bonds is 10. The molecule has 1 unspecified atom stereocenters. The Morgan fingerprint density at radius 2 is 1.80 bits per heavy atom. The molecule has 1 aliphatic heterocycles. The molecule has 0 spiro atoms. The van der Waals surface area contributed by atoms with Crippen LogP contribution in [0.25, 0.3) is 16.9 Å². The van der Waals surface area contributed by atoms with E-state index in [1.165, 1.54) is 11.8 Å². The molecule has 1 saturated heterocycles. The number of para-hydroxylation sites is 1. The minimum Gasteiger partial charge on any atom is -0.497 e. The fourth-order valence-corrected chi connectivity index (χ4v) is 5.00. The number of nitrogens with one attached hydrogen (secondary N) is 2. The van der Waals surface area contributed by atoms with Crippen LogP contribution in [0.4, 0.5) is 5.69 Å². The van der Waals surface area contributed by atoms with E-state index in [2.05, 4.69) is 20.8 Å². The molecule has 0 bridgehead atoms. The Hall–Kier alpha value is -4.90. The van der Waals surface area contributed by atoms with Crippen LogP contribution in [0.15, 0.2) is 95.3 Å². The second kappa shape index (κ2) is 13.0. The number of thioether (sulfide) groups is 1. The van der Waals surface area contributed by atoms with Gasteiger partial charge in [0, 0.05) is 29.4 Å². The quantitative estimate of drug-likeness (QED) is 0.208. The minimum absolute atomic E-state index is 0.00207. The third-order valence-electron chi connectivity index (χ3n) is 6.07. The van der Waals surface area contributed by atoms with E-state index in [4.69, 9.17) is 14.6 Å². The molecule has 1 aromatic heterocycles. The SMILES string of the molecule is CCOc1ccc(NC(=O)CC2S/C(=N\N=C\c3cn(-c4ccccc4)nc3-c3ccc(OC)cc3)NC2=O)cc1. The number of amidine groups is 1. The van der Waals surface area contributed by atoms with E-state index in [0.29, 0.717) is 23.2 Å². The summed E-state index contributed by atoms with van der Waals surface area (Å²) in [4.78, 5) is 25.0. The third-order valence-corrected chi connectivity index (χ3v) is 7.14. The van der Waals surface area contributed by atoms with Gasteiger partial charge in [-0.1, -0.05) is 30.0 Å². The van der Waals surface area contributed by atoms with E-state index in [1.54, 1.807) is 42.3 Å². The number of hydrogen-bond donors (Lipinski definition) is 2. The number of methoxy groups -OCH3 is 1. The van der Waals surface area contributed by atoms with Crippen molar-refractivity contribution in [1.29, 1.82) is 0 Å². The van der Waals surface area contributed by atoms with Gasteiger partial charge in [0.05, 0.1) is 25.6 Å². The average molecular weight is 569 g/mol. The summed E-state index contributed by atoms with van der Waals surface area (Å²) in [6, 6.07) is 24.4. The van der Waals surface area contributed by atoms with E-state index in [-0.39, 0.29) is 18.2 Å². The van der Waals surface area contributed by atoms with Crippen LogP contribution in [-0.2, 0) is 9.59 Å². The Balaban J connectivity index is 1.27. The summed E-state index contributed by atoms with van der Waals surface area (Å²) < 4.78 is 12.5. The molecule has 11 heteroatoms. The topological polar surface area (TPSA) is 119 Å². The summed E-state index contributed by atoms with van der Waals surface area (Å²) in [6.45, 7) is 2.47. The van der Waals surface area contributed by atoms with Crippen LogP contribution in [0.3, 0.4) is 0 Å². The lowest BCUT2D eigenvalue weighted by Gasteiger charge is -2.08. The number of ether oxygens (including phenoxy) is 2. The molecule has 208 valence electrons. The molecule has 0 aliphatic carbocycles. The fraction of sp³-hybridized carbons (Fsp3) is 0.167. The maximum Gasteiger partial charge on any atom is 0.240 e. The number of carbonyl (C=O) groups excluding carboxylic acids is 2. The highest BCUT2D eigenvalue weighted by Gasteiger charge is 2.32. The molecule has 3 aromatic carbocycles. The van der Waals surface area contributed by atoms with Crippen molar-refractivity contribution in [3.63, 3.8) is 0 Å². The predicted octanol–water partition coefficient (Wildman–Crippen LogP) is 4.90. The summed E-state index contributed by atoms with van der Waals surface area (Å²) in [5.41, 5.74) is 3.87. The molecule has 2 heterocycles. The molecule has 2 N–H and O–H groups in total. The molecule has 5 rings (SSSR count). The lowest BCUT2D eigenvalue weighted by Crippen LogP contribution is -2.28. The number of amides is 2. The number of nitrogens with zero attached hydrogens (tertiary/aromatic N) is 4. The van der Waals surface area contributed by atoms with Crippen molar-refractivity contribution in [2.24, 2.45) is 10.2 Å². The fourth-order valence-electron chi connectivity index (χ4n) is 4.08. The number of carbonyl (C=O) groups is 2. The Bertz CT molecular complexity index is 1570. The first-order chi connectivity index (χ1) is 20.0. The lowest BCUT2D eigenvalue weighted by atomic mass is 10.1. The first-order valence-corrected chi connectivity index (χ1v) is 13.8. The summed E-state index contributed by atoms with van der Waals surface area (Å²) in [6.07, 6.45) is 3.46. The molecular formula is C30H28N6O4S. The van der Waals surface area contributed by atoms with Crippen molar-refractivity contribution in [1.82, 2.24) is 15.1 Å². The van der Waals surface area contributed by atoms with Crippen molar-refractivity contribution in [3.05, 3.63) is 90.6 Å². The molecule has 1 fully saturated rings. The van der Waals surface area contributed by atoms with Gasteiger partial charge in [-0.25, -0.2) is 4.68 Å². The number of benzene rings is 3. The maximum absolute atomic E-state index is 12.5. The van der Waals surface area contributed by atoms with Gasteiger partial charge in [-0.15, -0.1) is 5.10 Å². The van der Waals surface area contributed by atoms with E-state index in [0.717, 1.165) is 28.3 Å². The summed E-state index contributed by atoms with van der Waals surface area (Å²) in [5.74, 6) is 0.904. The Kier molecular flexibility index (Phi) is 8.75. The van der Waals surface area contributed by atoms with E-state index in [1.807, 2.05) is 67.7 Å². The monoisotopic (exact) mass is 568 g/mol. The van der Waals surface area contributed by atoms with Crippen molar-refractivity contribution >= 4 is 40.6 Å². The highest BCUT2D eigenvalue weighted by molar-refractivity contribution is 8.15. The van der Waals surface area contributed by atoms with Crippen LogP contribution in [0.5, 0.6) is 11.5 Å². The number of hydrogen-bond acceptors (Lipinski definition) is 8. The second-order valence-corrected chi connectivity index (χ2v) is 10.1. The molecule has 2 amide bonds. The zero-order valence-corrected chi connectivity index (χ0v) is 23.3. The normalized spacial score (nSPS) is 15.7. The predicted molar refractivity (Wildman–Crippen MR) is 161 cm³/mol. The third kappa shape index (κ3) is 7.00. The molecule has 4 aromatic rings. The van der Waals surface area contributed by atoms with Crippen LogP contribution in [0, 0.1) is 0 Å². The van der Waals surface area contributed by atoms with Crippen LogP contribution >= 0.6 is 11.8 Å². The largest absolute Gasteiger partial charge is 0.497 e. The molecule has 1 atom stereocenters. The molecular weight excluding hydrogens is 540 g/mol. The maximum atomic E-state index is 12.5. The first kappa shape index (κ1) is 27.7. The summed E-state index contributed by atoms with van der Waals surface area (Å²) in [5, 5.41) is 18.4. The van der Waals surface area contributed by atoms with Gasteiger partial charge in [0.2, 0.25) is 11.8 Å². The minimum atomic E-state index is -0.609. The second-order valence-electron chi connectivity index (χ2n) is 8.90. The molecule has 0 saturated carbocycles. The number of anilines is 1. The van der Waals surface area contributed by atoms with Gasteiger partial charge in [-0.2, -0.15) is 10.2 Å². The van der Waals surface area contributed by atoms with Gasteiger partial charge in [-0.05, 0) is 67.6 Å². The van der Waals surface area contributed by atoms with Crippen LogP contribution in [0.2, 0.25) is 0 Å². The standard InChI is InChI=1S/C30H28N6O4S/c1-3-40-25-15-11-22(12-16-25)32-27(37)17-26-29(38)33-30(41-26)34-31-18-21-19-36(23-7-5-4-6-8-23)35-28(21)20-9-13-24(39-2)14-10-20/h4-16,18-19,26H,3,17H2,1-2H3,(H,32,37)(H,33,34,38)/b31-18+. The number of aromatic nitrogens is 2. The van der Waals surface area contributed by atoms with Crippen molar-refractivity contribution in [3.8, 4) is 28.4 Å². The smallest absolute Gasteiger partial charge is 0.240 e. The Morgan fingerprint density at radius 1 is 1.07 bits per heavy atom. The Morgan fingerprint density at radius 3 is 2.51 bits per heavy atom. The molecule has 10 nitrogen and oxygen atoms in total. The summed E-state index contributed by atoms with van der Waals surface area (Å²) >= 11 is 1.17. The van der Waals surface area contributed by atoms with Crippen molar-refractivity contribution in [2.45, 2.75) is 18.6 Å². The van der Waals surface area contributed by atoms with Gasteiger partial charge >= 0.3 is 0 Å². The van der Waals surface area contributed by atoms with E-state index in [9.17, 15) is 9.59 Å². The van der Waals surface area contributed by atoms with Gasteiger partial charge in [0.1, 0.15) is 22.4 Å². The zero-order valence-electron chi connectivity index (χ0n) is 22.5. The van der Waals surface area contributed by atoms with Gasteiger partial charge in [0.15, 0.2) is 5.17 Å². The highest BCUT2D eigenvalue weighted by Crippen LogP contribution is 2.26. The molecule has 0 radical (unpaired) electrons. The van der Waals surface area contributed by atoms with Crippen LogP contribution < -0.4 is 20.1 Å². The van der Waals surface area contributed by atoms with Crippen molar-refractivity contribution in [2.75, 3.05) is 19.0 Å². The highest BCUT2D eigenvalue weighted by atomic mass is 32.2. The average Bonchev–Trinajstić information content (AvgIpc) is 3.57.